The number of likely N-dealkylation sites (tertiary alicyclic amines) is 1. The van der Waals surface area contributed by atoms with E-state index < -0.39 is 0 Å². The lowest BCUT2D eigenvalue weighted by molar-refractivity contribution is 0.306. The van der Waals surface area contributed by atoms with Crippen molar-refractivity contribution in [3.63, 3.8) is 0 Å². The maximum Gasteiger partial charge on any atom is 0.147 e. The van der Waals surface area contributed by atoms with Crippen molar-refractivity contribution in [2.45, 2.75) is 12.5 Å². The predicted molar refractivity (Wildman–Crippen MR) is 71.6 cm³/mol. The van der Waals surface area contributed by atoms with Crippen molar-refractivity contribution in [3.05, 3.63) is 33.0 Å². The second-order valence-corrected chi connectivity index (χ2v) is 5.81. The van der Waals surface area contributed by atoms with Crippen LogP contribution >= 0.6 is 27.5 Å². The van der Waals surface area contributed by atoms with Gasteiger partial charge in [-0.3, -0.25) is 4.90 Å². The third kappa shape index (κ3) is 2.50. The van der Waals surface area contributed by atoms with E-state index in [0.29, 0.717) is 18.0 Å². The van der Waals surface area contributed by atoms with Crippen LogP contribution in [0.1, 0.15) is 18.0 Å². The van der Waals surface area contributed by atoms with Gasteiger partial charge < -0.3 is 5.73 Å². The lowest BCUT2D eigenvalue weighted by atomic mass is 9.99. The molecule has 0 bridgehead atoms. The minimum Gasteiger partial charge on any atom is -0.330 e. The molecule has 0 spiro atoms. The summed E-state index contributed by atoms with van der Waals surface area (Å²) < 4.78 is 14.9. The Hall–Kier alpha value is -0.160. The van der Waals surface area contributed by atoms with E-state index in [0.717, 1.165) is 17.4 Å². The van der Waals surface area contributed by atoms with E-state index in [2.05, 4.69) is 20.8 Å². The van der Waals surface area contributed by atoms with Gasteiger partial charge in [0.2, 0.25) is 0 Å². The van der Waals surface area contributed by atoms with Crippen LogP contribution in [0.2, 0.25) is 5.02 Å². The maximum atomic E-state index is 14.1. The van der Waals surface area contributed by atoms with Gasteiger partial charge in [-0.2, -0.15) is 0 Å². The molecule has 1 aliphatic rings. The summed E-state index contributed by atoms with van der Waals surface area (Å²) >= 11 is 9.25. The third-order valence-electron chi connectivity index (χ3n) is 3.38. The van der Waals surface area contributed by atoms with E-state index in [1.165, 1.54) is 0 Å². The number of halogens is 3. The SMILES string of the molecule is CN1CC(CN)CC1c1c(Br)ccc(Cl)c1F. The Morgan fingerprint density at radius 1 is 1.59 bits per heavy atom. The molecule has 0 radical (unpaired) electrons. The van der Waals surface area contributed by atoms with Crippen LogP contribution in [0, 0.1) is 11.7 Å². The molecule has 2 atom stereocenters. The number of nitrogens with zero attached hydrogens (tertiary/aromatic N) is 1. The molecule has 94 valence electrons. The molecule has 1 aromatic rings. The van der Waals surface area contributed by atoms with Crippen LogP contribution < -0.4 is 5.73 Å². The van der Waals surface area contributed by atoms with Crippen molar-refractivity contribution in [2.75, 3.05) is 20.1 Å². The minimum absolute atomic E-state index is 0.0524. The summed E-state index contributed by atoms with van der Waals surface area (Å²) in [7, 11) is 1.99. The molecule has 17 heavy (non-hydrogen) atoms. The molecule has 0 aliphatic carbocycles. The quantitative estimate of drug-likeness (QED) is 0.848. The average molecular weight is 322 g/mol. The summed E-state index contributed by atoms with van der Waals surface area (Å²) in [4.78, 5) is 2.14. The van der Waals surface area contributed by atoms with Crippen molar-refractivity contribution in [2.24, 2.45) is 11.7 Å². The zero-order valence-electron chi connectivity index (χ0n) is 9.59. The van der Waals surface area contributed by atoms with E-state index in [1.807, 2.05) is 7.05 Å². The van der Waals surface area contributed by atoms with Crippen LogP contribution in [-0.4, -0.2) is 25.0 Å². The fourth-order valence-corrected chi connectivity index (χ4v) is 3.20. The van der Waals surface area contributed by atoms with E-state index in [9.17, 15) is 4.39 Å². The van der Waals surface area contributed by atoms with Crippen LogP contribution in [0.3, 0.4) is 0 Å². The van der Waals surface area contributed by atoms with E-state index in [4.69, 9.17) is 17.3 Å². The number of benzene rings is 1. The zero-order chi connectivity index (χ0) is 12.6. The van der Waals surface area contributed by atoms with Crippen molar-refractivity contribution in [1.29, 1.82) is 0 Å². The first-order valence-electron chi connectivity index (χ1n) is 5.58. The number of hydrogen-bond donors (Lipinski definition) is 1. The normalized spacial score (nSPS) is 25.5. The van der Waals surface area contributed by atoms with Crippen molar-refractivity contribution < 1.29 is 4.39 Å². The summed E-state index contributed by atoms with van der Waals surface area (Å²) in [6.45, 7) is 1.54. The molecular formula is C12H15BrClFN2. The largest absolute Gasteiger partial charge is 0.330 e. The molecule has 0 amide bonds. The van der Waals surface area contributed by atoms with Gasteiger partial charge in [0.05, 0.1) is 5.02 Å². The van der Waals surface area contributed by atoms with Crippen molar-refractivity contribution >= 4 is 27.5 Å². The molecule has 1 aromatic carbocycles. The highest BCUT2D eigenvalue weighted by molar-refractivity contribution is 9.10. The minimum atomic E-state index is -0.324. The van der Waals surface area contributed by atoms with Crippen LogP contribution in [-0.2, 0) is 0 Å². The Balaban J connectivity index is 2.37. The zero-order valence-corrected chi connectivity index (χ0v) is 11.9. The smallest absolute Gasteiger partial charge is 0.147 e. The second-order valence-electron chi connectivity index (χ2n) is 4.55. The first kappa shape index (κ1) is 13.3. The Morgan fingerprint density at radius 2 is 2.29 bits per heavy atom. The third-order valence-corrected chi connectivity index (χ3v) is 4.36. The lowest BCUT2D eigenvalue weighted by Gasteiger charge is -2.21. The van der Waals surface area contributed by atoms with E-state index >= 15 is 0 Å². The van der Waals surface area contributed by atoms with Gasteiger partial charge in [0.1, 0.15) is 5.82 Å². The van der Waals surface area contributed by atoms with E-state index in [1.54, 1.807) is 12.1 Å². The Kier molecular flexibility index (Phi) is 4.08. The highest BCUT2D eigenvalue weighted by Crippen LogP contribution is 2.40. The summed E-state index contributed by atoms with van der Waals surface area (Å²) in [6, 6.07) is 3.42. The average Bonchev–Trinajstić information content (AvgIpc) is 2.66. The molecule has 1 saturated heterocycles. The molecule has 2 unspecified atom stereocenters. The molecule has 1 heterocycles. The van der Waals surface area contributed by atoms with Gasteiger partial charge in [0.25, 0.3) is 0 Å². The van der Waals surface area contributed by atoms with Crippen LogP contribution in [0.15, 0.2) is 16.6 Å². The molecular weight excluding hydrogens is 307 g/mol. The van der Waals surface area contributed by atoms with Gasteiger partial charge in [-0.05, 0) is 38.1 Å². The first-order chi connectivity index (χ1) is 8.04. The Morgan fingerprint density at radius 3 is 2.88 bits per heavy atom. The molecule has 2 N–H and O–H groups in total. The fourth-order valence-electron chi connectivity index (χ4n) is 2.46. The summed E-state index contributed by atoms with van der Waals surface area (Å²) in [5.74, 6) is 0.103. The Bertz CT molecular complexity index is 427. The number of hydrogen-bond acceptors (Lipinski definition) is 2. The highest BCUT2D eigenvalue weighted by atomic mass is 79.9. The van der Waals surface area contributed by atoms with Gasteiger partial charge in [-0.25, -0.2) is 4.39 Å². The predicted octanol–water partition coefficient (Wildman–Crippen LogP) is 3.19. The van der Waals surface area contributed by atoms with Gasteiger partial charge >= 0.3 is 0 Å². The van der Waals surface area contributed by atoms with Gasteiger partial charge in [0.15, 0.2) is 0 Å². The second kappa shape index (κ2) is 5.22. The summed E-state index contributed by atoms with van der Waals surface area (Å²) in [5, 5.41) is 0.174. The molecule has 1 fully saturated rings. The lowest BCUT2D eigenvalue weighted by Crippen LogP contribution is -2.21. The maximum absolute atomic E-state index is 14.1. The standard InChI is InChI=1S/C12H15BrClFN2/c1-17-6-7(5-16)4-10(17)11-8(13)2-3-9(14)12(11)15/h2-3,7,10H,4-6,16H2,1H3. The van der Waals surface area contributed by atoms with Crippen LogP contribution in [0.4, 0.5) is 4.39 Å². The van der Waals surface area contributed by atoms with Gasteiger partial charge in [-0.1, -0.05) is 27.5 Å². The molecule has 0 aromatic heterocycles. The van der Waals surface area contributed by atoms with Crippen LogP contribution in [0.25, 0.3) is 0 Å². The molecule has 0 saturated carbocycles. The molecule has 1 aliphatic heterocycles. The highest BCUT2D eigenvalue weighted by Gasteiger charge is 2.33. The summed E-state index contributed by atoms with van der Waals surface area (Å²) in [5.41, 5.74) is 6.33. The first-order valence-corrected chi connectivity index (χ1v) is 6.75. The summed E-state index contributed by atoms with van der Waals surface area (Å²) in [6.07, 6.45) is 0.878. The van der Waals surface area contributed by atoms with Crippen LogP contribution in [0.5, 0.6) is 0 Å². The Labute approximate surface area is 114 Å². The fraction of sp³-hybridized carbons (Fsp3) is 0.500. The van der Waals surface area contributed by atoms with Gasteiger partial charge in [0, 0.05) is 22.6 Å². The van der Waals surface area contributed by atoms with Gasteiger partial charge in [-0.15, -0.1) is 0 Å². The molecule has 2 rings (SSSR count). The number of rotatable bonds is 2. The molecule has 2 nitrogen and oxygen atoms in total. The monoisotopic (exact) mass is 320 g/mol. The van der Waals surface area contributed by atoms with Crippen molar-refractivity contribution in [1.82, 2.24) is 4.90 Å². The topological polar surface area (TPSA) is 29.3 Å². The molecule has 5 heteroatoms. The van der Waals surface area contributed by atoms with Crippen molar-refractivity contribution in [3.8, 4) is 0 Å². The van der Waals surface area contributed by atoms with E-state index in [-0.39, 0.29) is 16.9 Å². The number of nitrogens with two attached hydrogens (primary N) is 1.